The van der Waals surface area contributed by atoms with Gasteiger partial charge in [-0.25, -0.2) is 0 Å². The Bertz CT molecular complexity index is 711. The molecular formula is C26H36N2O. The first-order valence-electron chi connectivity index (χ1n) is 10.5. The van der Waals surface area contributed by atoms with E-state index in [1.807, 2.05) is 37.4 Å². The molecule has 3 nitrogen and oxygen atoms in total. The molecule has 0 aliphatic heterocycles. The minimum atomic E-state index is 0.0676. The number of carbonyl (C=O) groups excluding carboxylic acids is 1. The fourth-order valence-corrected chi connectivity index (χ4v) is 2.86. The Hall–Kier alpha value is -2.81. The minimum Gasteiger partial charge on any atom is -0.390 e. The normalized spacial score (nSPS) is 12.8. The maximum Gasteiger partial charge on any atom is 0.221 e. The molecule has 0 saturated heterocycles. The number of benzene rings is 1. The highest BCUT2D eigenvalue weighted by Crippen LogP contribution is 2.16. The van der Waals surface area contributed by atoms with Crippen LogP contribution in [0, 0.1) is 0 Å². The van der Waals surface area contributed by atoms with Crippen molar-refractivity contribution in [2.75, 3.05) is 6.54 Å². The zero-order valence-corrected chi connectivity index (χ0v) is 18.0. The fourth-order valence-electron chi connectivity index (χ4n) is 2.86. The smallest absolute Gasteiger partial charge is 0.221 e. The molecule has 0 radical (unpaired) electrons. The van der Waals surface area contributed by atoms with Crippen molar-refractivity contribution in [1.82, 2.24) is 10.6 Å². The lowest BCUT2D eigenvalue weighted by molar-refractivity contribution is -0.121. The molecule has 1 unspecified atom stereocenters. The van der Waals surface area contributed by atoms with Gasteiger partial charge in [0.05, 0.1) is 0 Å². The molecule has 0 heterocycles. The van der Waals surface area contributed by atoms with E-state index in [1.54, 1.807) is 6.08 Å². The molecule has 0 aromatic heterocycles. The largest absolute Gasteiger partial charge is 0.390 e. The molecule has 0 fully saturated rings. The highest BCUT2D eigenvalue weighted by Gasteiger charge is 2.06. The number of aryl methyl sites for hydroxylation is 1. The Morgan fingerprint density at radius 2 is 1.90 bits per heavy atom. The molecule has 29 heavy (non-hydrogen) atoms. The number of amides is 1. The van der Waals surface area contributed by atoms with Crippen molar-refractivity contribution in [2.45, 2.75) is 52.0 Å². The topological polar surface area (TPSA) is 41.1 Å². The lowest BCUT2D eigenvalue weighted by atomic mass is 10.0. The van der Waals surface area contributed by atoms with E-state index in [1.165, 1.54) is 5.56 Å². The molecule has 1 amide bonds. The SMILES string of the molecule is C=C/C=C\C=C/CCC(C)NC(=O)CCN/C=C(\C=C)c1ccc(CCC)cc1. The van der Waals surface area contributed by atoms with Gasteiger partial charge in [-0.3, -0.25) is 4.79 Å². The lowest BCUT2D eigenvalue weighted by Crippen LogP contribution is -2.33. The van der Waals surface area contributed by atoms with Gasteiger partial charge < -0.3 is 10.6 Å². The second kappa shape index (κ2) is 15.2. The van der Waals surface area contributed by atoms with E-state index in [-0.39, 0.29) is 11.9 Å². The molecule has 0 aliphatic rings. The zero-order valence-electron chi connectivity index (χ0n) is 18.0. The summed E-state index contributed by atoms with van der Waals surface area (Å²) < 4.78 is 0. The molecule has 1 atom stereocenters. The first-order chi connectivity index (χ1) is 14.1. The van der Waals surface area contributed by atoms with Gasteiger partial charge in [0.15, 0.2) is 0 Å². The second-order valence-corrected chi connectivity index (χ2v) is 7.05. The van der Waals surface area contributed by atoms with Crippen molar-refractivity contribution < 1.29 is 4.79 Å². The summed E-state index contributed by atoms with van der Waals surface area (Å²) in [6.07, 6.45) is 18.0. The first kappa shape index (κ1) is 24.2. The molecular weight excluding hydrogens is 356 g/mol. The molecule has 0 aliphatic carbocycles. The standard InChI is InChI=1S/C26H36N2O/c1-5-8-9-10-11-12-14-22(4)28-26(29)19-20-27-21-24(7-3)25-17-15-23(13-6-2)16-18-25/h5,7-11,15-18,21-22,27H,1,3,6,12-14,19-20H2,2,4H3,(H,28,29)/b9-8-,11-10-,24-21+. The predicted octanol–water partition coefficient (Wildman–Crippen LogP) is 5.73. The number of hydrogen-bond donors (Lipinski definition) is 2. The third-order valence-corrected chi connectivity index (χ3v) is 4.47. The number of nitrogens with one attached hydrogen (secondary N) is 2. The summed E-state index contributed by atoms with van der Waals surface area (Å²) in [5.74, 6) is 0.0676. The van der Waals surface area contributed by atoms with Crippen LogP contribution in [0.1, 0.15) is 50.7 Å². The summed E-state index contributed by atoms with van der Waals surface area (Å²) in [4.78, 5) is 12.1. The maximum atomic E-state index is 12.1. The number of carbonyl (C=O) groups is 1. The summed E-state index contributed by atoms with van der Waals surface area (Å²) >= 11 is 0. The van der Waals surface area contributed by atoms with Crippen molar-refractivity contribution >= 4 is 11.5 Å². The van der Waals surface area contributed by atoms with E-state index < -0.39 is 0 Å². The van der Waals surface area contributed by atoms with Crippen molar-refractivity contribution in [3.63, 3.8) is 0 Å². The van der Waals surface area contributed by atoms with Gasteiger partial charge in [0.2, 0.25) is 5.91 Å². The number of hydrogen-bond acceptors (Lipinski definition) is 2. The van der Waals surface area contributed by atoms with Gasteiger partial charge in [0, 0.05) is 25.2 Å². The van der Waals surface area contributed by atoms with Crippen LogP contribution in [-0.4, -0.2) is 18.5 Å². The quantitative estimate of drug-likeness (QED) is 0.314. The Morgan fingerprint density at radius 1 is 1.14 bits per heavy atom. The Labute approximate surface area is 177 Å². The Kier molecular flexibility index (Phi) is 12.7. The summed E-state index contributed by atoms with van der Waals surface area (Å²) in [6, 6.07) is 8.73. The van der Waals surface area contributed by atoms with E-state index in [0.29, 0.717) is 13.0 Å². The van der Waals surface area contributed by atoms with E-state index >= 15 is 0 Å². The average molecular weight is 393 g/mol. The van der Waals surface area contributed by atoms with E-state index in [4.69, 9.17) is 0 Å². The third kappa shape index (κ3) is 10.9. The summed E-state index contributed by atoms with van der Waals surface area (Å²) in [5, 5.41) is 6.28. The highest BCUT2D eigenvalue weighted by atomic mass is 16.1. The van der Waals surface area contributed by atoms with Crippen molar-refractivity contribution in [3.05, 3.63) is 91.2 Å². The van der Waals surface area contributed by atoms with Crippen LogP contribution < -0.4 is 10.6 Å². The van der Waals surface area contributed by atoms with E-state index in [9.17, 15) is 4.79 Å². The summed E-state index contributed by atoms with van der Waals surface area (Å²) in [5.41, 5.74) is 3.50. The molecule has 0 bridgehead atoms. The molecule has 3 heteroatoms. The van der Waals surface area contributed by atoms with Gasteiger partial charge in [-0.2, -0.15) is 0 Å². The second-order valence-electron chi connectivity index (χ2n) is 7.05. The van der Waals surface area contributed by atoms with E-state index in [0.717, 1.165) is 36.8 Å². The van der Waals surface area contributed by atoms with Crippen LogP contribution >= 0.6 is 0 Å². The zero-order chi connectivity index (χ0) is 21.3. The van der Waals surface area contributed by atoms with Crippen LogP contribution in [0.3, 0.4) is 0 Å². The van der Waals surface area contributed by atoms with Crippen molar-refractivity contribution in [3.8, 4) is 0 Å². The van der Waals surface area contributed by atoms with Gasteiger partial charge in [-0.05, 0) is 42.9 Å². The molecule has 2 N–H and O–H groups in total. The van der Waals surface area contributed by atoms with Crippen molar-refractivity contribution in [1.29, 1.82) is 0 Å². The monoisotopic (exact) mass is 392 g/mol. The minimum absolute atomic E-state index is 0.0676. The molecule has 156 valence electrons. The molecule has 1 aromatic rings. The fraction of sp³-hybridized carbons (Fsp3) is 0.346. The summed E-state index contributed by atoms with van der Waals surface area (Å²) in [6.45, 7) is 12.3. The van der Waals surface area contributed by atoms with Crippen LogP contribution in [0.15, 0.2) is 80.1 Å². The third-order valence-electron chi connectivity index (χ3n) is 4.47. The van der Waals surface area contributed by atoms with Gasteiger partial charge in [0.1, 0.15) is 0 Å². The van der Waals surface area contributed by atoms with Crippen LogP contribution in [0.2, 0.25) is 0 Å². The number of rotatable bonds is 14. The van der Waals surface area contributed by atoms with Gasteiger partial charge >= 0.3 is 0 Å². The Balaban J connectivity index is 2.34. The van der Waals surface area contributed by atoms with Crippen molar-refractivity contribution in [2.24, 2.45) is 0 Å². The lowest BCUT2D eigenvalue weighted by Gasteiger charge is -2.13. The average Bonchev–Trinajstić information content (AvgIpc) is 2.71. The van der Waals surface area contributed by atoms with Crippen LogP contribution in [0.5, 0.6) is 0 Å². The van der Waals surface area contributed by atoms with Crippen LogP contribution in [0.4, 0.5) is 0 Å². The van der Waals surface area contributed by atoms with Crippen LogP contribution in [-0.2, 0) is 11.2 Å². The van der Waals surface area contributed by atoms with Gasteiger partial charge in [-0.1, -0.05) is 87.2 Å². The maximum absolute atomic E-state index is 12.1. The number of allylic oxidation sites excluding steroid dienone is 7. The molecule has 1 rings (SSSR count). The molecule has 1 aromatic carbocycles. The predicted molar refractivity (Wildman–Crippen MR) is 127 cm³/mol. The molecule has 0 saturated carbocycles. The van der Waals surface area contributed by atoms with Gasteiger partial charge in [0.25, 0.3) is 0 Å². The Morgan fingerprint density at radius 3 is 2.55 bits per heavy atom. The van der Waals surface area contributed by atoms with Crippen LogP contribution in [0.25, 0.3) is 5.57 Å². The molecule has 0 spiro atoms. The van der Waals surface area contributed by atoms with E-state index in [2.05, 4.69) is 61.1 Å². The highest BCUT2D eigenvalue weighted by molar-refractivity contribution is 5.76. The summed E-state index contributed by atoms with van der Waals surface area (Å²) in [7, 11) is 0. The van der Waals surface area contributed by atoms with Gasteiger partial charge in [-0.15, -0.1) is 0 Å². The first-order valence-corrected chi connectivity index (χ1v) is 10.5.